The molecule has 0 aliphatic carbocycles. The molecule has 4 amide bonds. The van der Waals surface area contributed by atoms with E-state index >= 15 is 0 Å². The van der Waals surface area contributed by atoms with E-state index < -0.39 is 53.2 Å². The lowest BCUT2D eigenvalue weighted by Crippen LogP contribution is -2.55. The average molecular weight is 646 g/mol. The molecule has 0 aliphatic heterocycles. The van der Waals surface area contributed by atoms with Crippen LogP contribution >= 0.6 is 0 Å². The lowest BCUT2D eigenvalue weighted by Gasteiger charge is -2.23. The Balaban J connectivity index is 1.70. The number of benzene rings is 3. The highest BCUT2D eigenvalue weighted by Gasteiger charge is 2.27. The Bertz CT molecular complexity index is 1530. The van der Waals surface area contributed by atoms with Crippen molar-refractivity contribution in [3.8, 4) is 0 Å². The number of carbonyl (C=O) groups excluding carboxylic acids is 4. The van der Waals surface area contributed by atoms with Gasteiger partial charge < -0.3 is 38.5 Å². The van der Waals surface area contributed by atoms with E-state index in [9.17, 15) is 29.3 Å². The van der Waals surface area contributed by atoms with Gasteiger partial charge in [0, 0.05) is 30.8 Å². The van der Waals surface area contributed by atoms with Gasteiger partial charge in [0.15, 0.2) is 5.96 Å². The monoisotopic (exact) mass is 645 g/mol. The van der Waals surface area contributed by atoms with E-state index in [1.54, 1.807) is 30.3 Å². The maximum Gasteiger partial charge on any atom is 0.269 e. The number of amides is 4. The molecule has 3 aromatic rings. The van der Waals surface area contributed by atoms with E-state index in [1.807, 2.05) is 30.3 Å². The van der Waals surface area contributed by atoms with Gasteiger partial charge >= 0.3 is 0 Å². The number of anilines is 1. The van der Waals surface area contributed by atoms with Gasteiger partial charge in [-0.2, -0.15) is 0 Å². The Morgan fingerprint density at radius 2 is 1.36 bits per heavy atom. The van der Waals surface area contributed by atoms with Gasteiger partial charge in [0.05, 0.1) is 17.5 Å². The molecule has 0 fully saturated rings. The van der Waals surface area contributed by atoms with Gasteiger partial charge in [-0.05, 0) is 42.5 Å². The molecule has 0 spiro atoms. The number of hydrogen-bond acceptors (Lipinski definition) is 8. The van der Waals surface area contributed by atoms with Crippen LogP contribution < -0.4 is 38.5 Å². The number of nitro groups is 1. The molecular formula is C32H39N9O6. The summed E-state index contributed by atoms with van der Waals surface area (Å²) in [6.07, 6.45) is 0.814. The quantitative estimate of drug-likeness (QED) is 0.0354. The van der Waals surface area contributed by atoms with E-state index in [-0.39, 0.29) is 43.1 Å². The van der Waals surface area contributed by atoms with Gasteiger partial charge in [-0.3, -0.25) is 34.3 Å². The van der Waals surface area contributed by atoms with Crippen LogP contribution in [0.1, 0.15) is 24.0 Å². The second-order valence-corrected chi connectivity index (χ2v) is 10.6. The van der Waals surface area contributed by atoms with Crippen LogP contribution in [-0.2, 0) is 32.0 Å². The van der Waals surface area contributed by atoms with Gasteiger partial charge in [0.25, 0.3) is 5.69 Å². The van der Waals surface area contributed by atoms with Gasteiger partial charge in [-0.25, -0.2) is 0 Å². The first kappa shape index (κ1) is 35.6. The number of guanidine groups is 1. The molecule has 0 saturated carbocycles. The molecule has 0 radical (unpaired) electrons. The second-order valence-electron chi connectivity index (χ2n) is 10.6. The number of nitro benzene ring substituents is 1. The lowest BCUT2D eigenvalue weighted by molar-refractivity contribution is -0.384. The number of non-ortho nitro benzene ring substituents is 1. The van der Waals surface area contributed by atoms with Crippen molar-refractivity contribution in [3.05, 3.63) is 106 Å². The molecule has 15 heteroatoms. The first-order chi connectivity index (χ1) is 22.5. The Labute approximate surface area is 271 Å². The molecule has 47 heavy (non-hydrogen) atoms. The number of hydrogen-bond donors (Lipinski definition) is 7. The topological polar surface area (TPSA) is 250 Å². The van der Waals surface area contributed by atoms with Crippen molar-refractivity contribution < 1.29 is 24.1 Å². The second kappa shape index (κ2) is 18.2. The Morgan fingerprint density at radius 1 is 0.766 bits per heavy atom. The lowest BCUT2D eigenvalue weighted by atomic mass is 10.0. The number of aliphatic imine (C=N–C) groups is 1. The number of nitrogens with one attached hydrogen (secondary N) is 4. The summed E-state index contributed by atoms with van der Waals surface area (Å²) in [6, 6.07) is 20.2. The van der Waals surface area contributed by atoms with Crippen LogP contribution in [-0.4, -0.2) is 65.7 Å². The van der Waals surface area contributed by atoms with Crippen molar-refractivity contribution in [3.63, 3.8) is 0 Å². The zero-order chi connectivity index (χ0) is 34.2. The molecule has 0 heterocycles. The maximum absolute atomic E-state index is 13.6. The van der Waals surface area contributed by atoms with Crippen molar-refractivity contribution >= 4 is 41.0 Å². The molecule has 10 N–H and O–H groups in total. The van der Waals surface area contributed by atoms with Crippen molar-refractivity contribution in [2.24, 2.45) is 22.2 Å². The molecule has 3 aromatic carbocycles. The predicted octanol–water partition coefficient (Wildman–Crippen LogP) is 0.485. The van der Waals surface area contributed by atoms with Gasteiger partial charge in [-0.15, -0.1) is 0 Å². The highest BCUT2D eigenvalue weighted by molar-refractivity contribution is 5.98. The smallest absolute Gasteiger partial charge is 0.269 e. The number of nitrogens with zero attached hydrogens (tertiary/aromatic N) is 2. The molecule has 0 aliphatic rings. The predicted molar refractivity (Wildman–Crippen MR) is 177 cm³/mol. The molecule has 0 unspecified atom stereocenters. The Morgan fingerprint density at radius 3 is 1.94 bits per heavy atom. The van der Waals surface area contributed by atoms with Crippen LogP contribution in [0, 0.1) is 10.1 Å². The largest absolute Gasteiger partial charge is 0.370 e. The average Bonchev–Trinajstić information content (AvgIpc) is 3.05. The fourth-order valence-electron chi connectivity index (χ4n) is 4.50. The number of carbonyl (C=O) groups is 4. The van der Waals surface area contributed by atoms with Gasteiger partial charge in [0.1, 0.15) is 12.1 Å². The minimum Gasteiger partial charge on any atom is -0.370 e. The van der Waals surface area contributed by atoms with E-state index in [1.165, 1.54) is 24.3 Å². The highest BCUT2D eigenvalue weighted by Crippen LogP contribution is 2.16. The van der Waals surface area contributed by atoms with Crippen molar-refractivity contribution in [1.29, 1.82) is 0 Å². The Hall–Kier alpha value is -5.83. The fourth-order valence-corrected chi connectivity index (χ4v) is 4.50. The first-order valence-electron chi connectivity index (χ1n) is 14.8. The van der Waals surface area contributed by atoms with Crippen molar-refractivity contribution in [2.75, 3.05) is 18.4 Å². The summed E-state index contributed by atoms with van der Waals surface area (Å²) >= 11 is 0. The fraction of sp³-hybridized carbons (Fsp3) is 0.281. The van der Waals surface area contributed by atoms with E-state index in [2.05, 4.69) is 26.3 Å². The third-order valence-corrected chi connectivity index (χ3v) is 6.92. The van der Waals surface area contributed by atoms with Gasteiger partial charge in [-0.1, -0.05) is 60.7 Å². The summed E-state index contributed by atoms with van der Waals surface area (Å²) in [4.78, 5) is 66.7. The molecule has 3 rings (SSSR count). The normalized spacial score (nSPS) is 12.4. The molecule has 0 bridgehead atoms. The first-order valence-corrected chi connectivity index (χ1v) is 14.8. The van der Waals surface area contributed by atoms with E-state index in [0.29, 0.717) is 6.42 Å². The number of rotatable bonds is 17. The molecule has 248 valence electrons. The minimum absolute atomic E-state index is 0.0879. The van der Waals surface area contributed by atoms with Crippen molar-refractivity contribution in [1.82, 2.24) is 16.0 Å². The highest BCUT2D eigenvalue weighted by atomic mass is 16.6. The zero-order valence-corrected chi connectivity index (χ0v) is 25.6. The SMILES string of the molecule is NC(N)=NCCC[C@H](NC(=O)[C@H](Cc1ccccc1)NC(=O)CNC(=O)[C@H](N)Cc1ccccc1)C(=O)Nc1ccc([N+](=O)[O-])cc1. The zero-order valence-electron chi connectivity index (χ0n) is 25.6. The molecular weight excluding hydrogens is 606 g/mol. The molecule has 0 saturated heterocycles. The van der Waals surface area contributed by atoms with Crippen LogP contribution in [0.5, 0.6) is 0 Å². The van der Waals surface area contributed by atoms with Crippen LogP contribution in [0.2, 0.25) is 0 Å². The summed E-state index contributed by atoms with van der Waals surface area (Å²) in [5, 5.41) is 21.5. The van der Waals surface area contributed by atoms with Crippen LogP contribution in [0.25, 0.3) is 0 Å². The number of nitrogens with two attached hydrogens (primary N) is 3. The summed E-state index contributed by atoms with van der Waals surface area (Å²) in [5.41, 5.74) is 18.5. The van der Waals surface area contributed by atoms with Crippen molar-refractivity contribution in [2.45, 2.75) is 43.8 Å². The summed E-state index contributed by atoms with van der Waals surface area (Å²) < 4.78 is 0. The standard InChI is InChI=1S/C32H39N9O6/c33-25(18-21-8-3-1-4-9-21)29(43)37-20-28(42)39-27(19-22-10-5-2-6-11-22)31(45)40-26(12-7-17-36-32(34)35)30(44)38-23-13-15-24(16-14-23)41(46)47/h1-6,8-11,13-16,25-27H,7,12,17-20,33H2,(H,37,43)(H,38,44)(H,39,42)(H,40,45)(H4,34,35,36)/t25-,26+,27+/m1/s1. The Kier molecular flexibility index (Phi) is 13.8. The van der Waals surface area contributed by atoms with Crippen LogP contribution in [0.15, 0.2) is 89.9 Å². The van der Waals surface area contributed by atoms with Crippen LogP contribution in [0.4, 0.5) is 11.4 Å². The summed E-state index contributed by atoms with van der Waals surface area (Å²) in [6.45, 7) is -0.238. The van der Waals surface area contributed by atoms with E-state index in [0.717, 1.165) is 11.1 Å². The van der Waals surface area contributed by atoms with Crippen LogP contribution in [0.3, 0.4) is 0 Å². The molecule has 0 aromatic heterocycles. The minimum atomic E-state index is -1.12. The maximum atomic E-state index is 13.6. The molecule has 15 nitrogen and oxygen atoms in total. The third-order valence-electron chi connectivity index (χ3n) is 6.92. The molecule has 3 atom stereocenters. The summed E-state index contributed by atoms with van der Waals surface area (Å²) in [7, 11) is 0. The van der Waals surface area contributed by atoms with E-state index in [4.69, 9.17) is 17.2 Å². The van der Waals surface area contributed by atoms with Gasteiger partial charge in [0.2, 0.25) is 23.6 Å². The third kappa shape index (κ3) is 12.6. The summed E-state index contributed by atoms with van der Waals surface area (Å²) in [5.74, 6) is -2.54.